The summed E-state index contributed by atoms with van der Waals surface area (Å²) in [7, 11) is 0. The maximum absolute atomic E-state index is 6.72. The molecule has 0 saturated heterocycles. The van der Waals surface area contributed by atoms with Crippen LogP contribution in [0, 0.1) is 0 Å². The summed E-state index contributed by atoms with van der Waals surface area (Å²) >= 11 is 0. The molecule has 3 heteroatoms. The van der Waals surface area contributed by atoms with E-state index in [1.807, 2.05) is 24.3 Å². The van der Waals surface area contributed by atoms with Crippen molar-refractivity contribution >= 4 is 43.5 Å². The van der Waals surface area contributed by atoms with Crippen LogP contribution in [0.25, 0.3) is 99.6 Å². The van der Waals surface area contributed by atoms with Crippen LogP contribution in [0.1, 0.15) is 0 Å². The maximum Gasteiger partial charge on any atom is 0.160 e. The van der Waals surface area contributed by atoms with Gasteiger partial charge in [-0.1, -0.05) is 140 Å². The number of rotatable bonds is 5. The normalized spacial score (nSPS) is 11.5. The first-order valence-electron chi connectivity index (χ1n) is 17.2. The molecule has 10 aromatic rings. The molecule has 0 aliphatic heterocycles. The number of benzene rings is 8. The highest BCUT2D eigenvalue weighted by Crippen LogP contribution is 2.43. The average molecular weight is 651 g/mol. The lowest BCUT2D eigenvalue weighted by molar-refractivity contribution is 0.673. The summed E-state index contributed by atoms with van der Waals surface area (Å²) in [5, 5.41) is 6.98. The molecule has 3 nitrogen and oxygen atoms in total. The predicted molar refractivity (Wildman–Crippen MR) is 212 cm³/mol. The third-order valence-corrected chi connectivity index (χ3v) is 9.86. The molecule has 10 rings (SSSR count). The lowest BCUT2D eigenvalue weighted by atomic mass is 9.92. The summed E-state index contributed by atoms with van der Waals surface area (Å²) in [5.74, 6) is 0.695. The number of fused-ring (bicyclic) bond motifs is 7. The minimum atomic E-state index is 0.695. The summed E-state index contributed by atoms with van der Waals surface area (Å²) in [6.45, 7) is 0. The first-order valence-corrected chi connectivity index (χ1v) is 17.2. The molecule has 238 valence electrons. The monoisotopic (exact) mass is 650 g/mol. The first-order chi connectivity index (χ1) is 25.3. The maximum atomic E-state index is 6.72. The molecular weight excluding hydrogens is 621 g/mol. The highest BCUT2D eigenvalue weighted by atomic mass is 16.3. The van der Waals surface area contributed by atoms with Crippen molar-refractivity contribution in [3.8, 4) is 56.2 Å². The van der Waals surface area contributed by atoms with Crippen LogP contribution >= 0.6 is 0 Å². The molecule has 0 aliphatic rings. The fourth-order valence-corrected chi connectivity index (χ4v) is 7.41. The van der Waals surface area contributed by atoms with Gasteiger partial charge in [-0.15, -0.1) is 0 Å². The van der Waals surface area contributed by atoms with Gasteiger partial charge in [0.15, 0.2) is 5.82 Å². The van der Waals surface area contributed by atoms with E-state index in [1.165, 1.54) is 16.2 Å². The van der Waals surface area contributed by atoms with Crippen LogP contribution in [-0.2, 0) is 0 Å². The van der Waals surface area contributed by atoms with Gasteiger partial charge in [-0.05, 0) is 80.9 Å². The van der Waals surface area contributed by atoms with Gasteiger partial charge in [0, 0.05) is 32.8 Å². The van der Waals surface area contributed by atoms with E-state index in [9.17, 15) is 0 Å². The zero-order chi connectivity index (χ0) is 33.7. The average Bonchev–Trinajstić information content (AvgIpc) is 3.61. The Balaban J connectivity index is 1.22. The van der Waals surface area contributed by atoms with Gasteiger partial charge >= 0.3 is 0 Å². The van der Waals surface area contributed by atoms with E-state index in [1.54, 1.807) is 0 Å². The Morgan fingerprint density at radius 2 is 0.961 bits per heavy atom. The quantitative estimate of drug-likeness (QED) is 0.174. The van der Waals surface area contributed by atoms with Gasteiger partial charge in [0.2, 0.25) is 0 Å². The largest absolute Gasteiger partial charge is 0.455 e. The van der Waals surface area contributed by atoms with Gasteiger partial charge in [-0.3, -0.25) is 0 Å². The second kappa shape index (κ2) is 11.9. The Labute approximate surface area is 295 Å². The van der Waals surface area contributed by atoms with Crippen molar-refractivity contribution in [1.82, 2.24) is 9.97 Å². The molecule has 0 fully saturated rings. The molecule has 0 atom stereocenters. The number of aromatic nitrogens is 2. The Morgan fingerprint density at radius 1 is 0.353 bits per heavy atom. The molecule has 0 saturated carbocycles. The topological polar surface area (TPSA) is 38.9 Å². The van der Waals surface area contributed by atoms with Crippen molar-refractivity contribution in [3.63, 3.8) is 0 Å². The van der Waals surface area contributed by atoms with Crippen LogP contribution in [0.4, 0.5) is 0 Å². The molecule has 0 spiro atoms. The van der Waals surface area contributed by atoms with Gasteiger partial charge < -0.3 is 4.42 Å². The summed E-state index contributed by atoms with van der Waals surface area (Å²) in [6, 6.07) is 63.8. The number of hydrogen-bond acceptors (Lipinski definition) is 3. The standard InChI is InChI=1S/C48H30N2O/c1-4-13-31(14-5-1)35-27-36(29-37(28-35)44-30-43(33-16-6-2-7-17-33)49-48(50-44)34-18-8-3-9-19-34)39-21-12-22-45-46(39)42-26-25-40-38-20-11-10-15-32(38)23-24-41(40)47(42)51-45/h1-30H. The lowest BCUT2D eigenvalue weighted by Gasteiger charge is -2.14. The van der Waals surface area contributed by atoms with Crippen LogP contribution in [0.3, 0.4) is 0 Å². The van der Waals surface area contributed by atoms with E-state index < -0.39 is 0 Å². The minimum absolute atomic E-state index is 0.695. The van der Waals surface area contributed by atoms with Crippen molar-refractivity contribution in [2.45, 2.75) is 0 Å². The van der Waals surface area contributed by atoms with Crippen LogP contribution in [0.2, 0.25) is 0 Å². The van der Waals surface area contributed by atoms with E-state index in [0.29, 0.717) is 5.82 Å². The molecule has 0 bridgehead atoms. The Kier molecular flexibility index (Phi) is 6.81. The molecule has 2 heterocycles. The second-order valence-corrected chi connectivity index (χ2v) is 13.0. The van der Waals surface area contributed by atoms with E-state index >= 15 is 0 Å². The van der Waals surface area contributed by atoms with Crippen LogP contribution in [0.5, 0.6) is 0 Å². The van der Waals surface area contributed by atoms with Crippen molar-refractivity contribution in [2.75, 3.05) is 0 Å². The zero-order valence-corrected chi connectivity index (χ0v) is 27.6. The SMILES string of the molecule is c1ccc(-c2cc(-c3cc(-c4ccccc4)nc(-c4ccccc4)n3)cc(-c3cccc4oc5c6ccc7ccccc7c6ccc5c34)c2)cc1. The molecule has 2 aromatic heterocycles. The van der Waals surface area contributed by atoms with Crippen LogP contribution < -0.4 is 0 Å². The van der Waals surface area contributed by atoms with E-state index in [-0.39, 0.29) is 0 Å². The van der Waals surface area contributed by atoms with E-state index in [0.717, 1.165) is 77.7 Å². The molecule has 0 amide bonds. The molecule has 0 unspecified atom stereocenters. The molecule has 0 radical (unpaired) electrons. The Hall–Kier alpha value is -6.84. The first kappa shape index (κ1) is 29.1. The van der Waals surface area contributed by atoms with E-state index in [2.05, 4.69) is 158 Å². The zero-order valence-electron chi connectivity index (χ0n) is 27.6. The summed E-state index contributed by atoms with van der Waals surface area (Å²) < 4.78 is 6.72. The molecule has 8 aromatic carbocycles. The van der Waals surface area contributed by atoms with Crippen molar-refractivity contribution in [2.24, 2.45) is 0 Å². The highest BCUT2D eigenvalue weighted by molar-refractivity contribution is 6.23. The lowest BCUT2D eigenvalue weighted by Crippen LogP contribution is -1.96. The summed E-state index contributed by atoms with van der Waals surface area (Å²) in [5.41, 5.74) is 11.0. The predicted octanol–water partition coefficient (Wildman–Crippen LogP) is 13.0. The van der Waals surface area contributed by atoms with Crippen molar-refractivity contribution in [3.05, 3.63) is 182 Å². The minimum Gasteiger partial charge on any atom is -0.455 e. The van der Waals surface area contributed by atoms with Crippen molar-refractivity contribution < 1.29 is 4.42 Å². The van der Waals surface area contributed by atoms with Crippen LogP contribution in [-0.4, -0.2) is 9.97 Å². The van der Waals surface area contributed by atoms with E-state index in [4.69, 9.17) is 14.4 Å². The van der Waals surface area contributed by atoms with Gasteiger partial charge in [-0.2, -0.15) is 0 Å². The summed E-state index contributed by atoms with van der Waals surface area (Å²) in [6.07, 6.45) is 0. The summed E-state index contributed by atoms with van der Waals surface area (Å²) in [4.78, 5) is 10.2. The second-order valence-electron chi connectivity index (χ2n) is 13.0. The third kappa shape index (κ3) is 5.06. The molecule has 51 heavy (non-hydrogen) atoms. The number of hydrogen-bond donors (Lipinski definition) is 0. The van der Waals surface area contributed by atoms with Gasteiger partial charge in [0.05, 0.1) is 11.4 Å². The molecular formula is C48H30N2O. The Morgan fingerprint density at radius 3 is 1.75 bits per heavy atom. The molecule has 0 aliphatic carbocycles. The van der Waals surface area contributed by atoms with Crippen molar-refractivity contribution in [1.29, 1.82) is 0 Å². The number of nitrogens with zero attached hydrogens (tertiary/aromatic N) is 2. The Bertz CT molecular complexity index is 2840. The van der Waals surface area contributed by atoms with Gasteiger partial charge in [0.25, 0.3) is 0 Å². The van der Waals surface area contributed by atoms with Gasteiger partial charge in [0.1, 0.15) is 11.2 Å². The van der Waals surface area contributed by atoms with Gasteiger partial charge in [-0.25, -0.2) is 9.97 Å². The number of furan rings is 1. The fourth-order valence-electron chi connectivity index (χ4n) is 7.41. The smallest absolute Gasteiger partial charge is 0.160 e. The van der Waals surface area contributed by atoms with Crippen LogP contribution in [0.15, 0.2) is 186 Å². The molecule has 0 N–H and O–H groups in total. The fraction of sp³-hybridized carbons (Fsp3) is 0. The highest BCUT2D eigenvalue weighted by Gasteiger charge is 2.18. The third-order valence-electron chi connectivity index (χ3n) is 9.86.